The third-order valence-electron chi connectivity index (χ3n) is 3.75. The number of carbonyl (C=O) groups excluding carboxylic acids is 2. The van der Waals surface area contributed by atoms with Crippen molar-refractivity contribution >= 4 is 23.6 Å². The maximum absolute atomic E-state index is 12.2. The molecule has 1 saturated heterocycles. The van der Waals surface area contributed by atoms with Crippen molar-refractivity contribution in [2.24, 2.45) is 5.84 Å². The van der Waals surface area contributed by atoms with Crippen LogP contribution in [-0.2, 0) is 11.3 Å². The average molecular weight is 327 g/mol. The van der Waals surface area contributed by atoms with Gasteiger partial charge < -0.3 is 4.90 Å². The minimum Gasteiger partial charge on any atom is -0.322 e. The van der Waals surface area contributed by atoms with Crippen LogP contribution in [0.1, 0.15) is 26.9 Å². The van der Waals surface area contributed by atoms with E-state index >= 15 is 0 Å². The van der Waals surface area contributed by atoms with Gasteiger partial charge in [0.1, 0.15) is 5.37 Å². The SMILES string of the molecule is NNC(=O)c1ccc(C2SCC(=O)N2Cc2ccccc2)cc1. The number of nitrogens with one attached hydrogen (secondary N) is 1. The number of nitrogens with zero attached hydrogens (tertiary/aromatic N) is 1. The molecule has 6 heteroatoms. The number of benzene rings is 2. The molecule has 0 aromatic heterocycles. The lowest BCUT2D eigenvalue weighted by molar-refractivity contribution is -0.128. The summed E-state index contributed by atoms with van der Waals surface area (Å²) in [5, 5.41) is -0.0299. The van der Waals surface area contributed by atoms with E-state index in [4.69, 9.17) is 5.84 Å². The van der Waals surface area contributed by atoms with Crippen LogP contribution in [0.15, 0.2) is 54.6 Å². The highest BCUT2D eigenvalue weighted by Crippen LogP contribution is 2.39. The second kappa shape index (κ2) is 6.85. The third-order valence-corrected chi connectivity index (χ3v) is 5.01. The molecule has 1 unspecified atom stereocenters. The minimum atomic E-state index is -0.326. The molecular formula is C17H17N3O2S. The zero-order chi connectivity index (χ0) is 16.2. The van der Waals surface area contributed by atoms with Crippen molar-refractivity contribution in [3.63, 3.8) is 0 Å². The van der Waals surface area contributed by atoms with Gasteiger partial charge in [-0.3, -0.25) is 15.0 Å². The van der Waals surface area contributed by atoms with Gasteiger partial charge in [-0.15, -0.1) is 11.8 Å². The van der Waals surface area contributed by atoms with Crippen LogP contribution < -0.4 is 11.3 Å². The number of rotatable bonds is 4. The van der Waals surface area contributed by atoms with E-state index in [0.717, 1.165) is 11.1 Å². The number of thioether (sulfide) groups is 1. The van der Waals surface area contributed by atoms with Crippen LogP contribution >= 0.6 is 11.8 Å². The quantitative estimate of drug-likeness (QED) is 0.512. The zero-order valence-corrected chi connectivity index (χ0v) is 13.3. The van der Waals surface area contributed by atoms with E-state index in [1.54, 1.807) is 23.9 Å². The fourth-order valence-corrected chi connectivity index (χ4v) is 3.75. The van der Waals surface area contributed by atoms with Gasteiger partial charge in [-0.2, -0.15) is 0 Å². The summed E-state index contributed by atoms with van der Waals surface area (Å²) in [6.45, 7) is 0.586. The van der Waals surface area contributed by atoms with Gasteiger partial charge in [-0.05, 0) is 23.3 Å². The fourth-order valence-electron chi connectivity index (χ4n) is 2.56. The number of carbonyl (C=O) groups is 2. The summed E-state index contributed by atoms with van der Waals surface area (Å²) in [5.41, 5.74) is 4.72. The van der Waals surface area contributed by atoms with Crippen LogP contribution in [-0.4, -0.2) is 22.5 Å². The van der Waals surface area contributed by atoms with E-state index in [9.17, 15) is 9.59 Å². The summed E-state index contributed by atoms with van der Waals surface area (Å²) in [6.07, 6.45) is 0. The second-order valence-corrected chi connectivity index (χ2v) is 6.33. The van der Waals surface area contributed by atoms with Crippen molar-refractivity contribution in [2.75, 3.05) is 5.75 Å². The molecule has 2 aromatic carbocycles. The Balaban J connectivity index is 1.80. The van der Waals surface area contributed by atoms with E-state index in [2.05, 4.69) is 5.43 Å². The maximum Gasteiger partial charge on any atom is 0.265 e. The molecule has 1 heterocycles. The van der Waals surface area contributed by atoms with E-state index < -0.39 is 0 Å². The highest BCUT2D eigenvalue weighted by molar-refractivity contribution is 8.00. The first-order chi connectivity index (χ1) is 11.2. The molecule has 0 saturated carbocycles. The van der Waals surface area contributed by atoms with Crippen LogP contribution in [0.4, 0.5) is 0 Å². The first kappa shape index (κ1) is 15.6. The fraction of sp³-hybridized carbons (Fsp3) is 0.176. The summed E-state index contributed by atoms with van der Waals surface area (Å²) in [4.78, 5) is 25.6. The molecule has 23 heavy (non-hydrogen) atoms. The van der Waals surface area contributed by atoms with Crippen LogP contribution in [0.25, 0.3) is 0 Å². The second-order valence-electron chi connectivity index (χ2n) is 5.27. The van der Waals surface area contributed by atoms with E-state index in [0.29, 0.717) is 17.9 Å². The molecule has 1 aliphatic heterocycles. The molecule has 0 bridgehead atoms. The molecule has 0 radical (unpaired) electrons. The molecule has 118 valence electrons. The summed E-state index contributed by atoms with van der Waals surface area (Å²) in [7, 11) is 0. The summed E-state index contributed by atoms with van der Waals surface area (Å²) in [5.74, 6) is 5.41. The van der Waals surface area contributed by atoms with Crippen molar-refractivity contribution in [1.29, 1.82) is 0 Å². The van der Waals surface area contributed by atoms with E-state index in [1.807, 2.05) is 47.4 Å². The molecule has 5 nitrogen and oxygen atoms in total. The lowest BCUT2D eigenvalue weighted by Crippen LogP contribution is -2.30. The summed E-state index contributed by atoms with van der Waals surface area (Å²) in [6, 6.07) is 17.1. The third kappa shape index (κ3) is 3.38. The molecular weight excluding hydrogens is 310 g/mol. The maximum atomic E-state index is 12.2. The lowest BCUT2D eigenvalue weighted by atomic mass is 10.1. The first-order valence-electron chi connectivity index (χ1n) is 7.25. The number of hydrogen-bond donors (Lipinski definition) is 2. The Morgan fingerprint density at radius 1 is 1.17 bits per heavy atom. The lowest BCUT2D eigenvalue weighted by Gasteiger charge is -2.24. The van der Waals surface area contributed by atoms with Crippen molar-refractivity contribution in [2.45, 2.75) is 11.9 Å². The topological polar surface area (TPSA) is 75.4 Å². The molecule has 0 aliphatic carbocycles. The molecule has 1 fully saturated rings. The van der Waals surface area contributed by atoms with E-state index in [1.165, 1.54) is 0 Å². The Morgan fingerprint density at radius 2 is 1.87 bits per heavy atom. The van der Waals surface area contributed by atoms with Gasteiger partial charge in [0.05, 0.1) is 5.75 Å². The Kier molecular flexibility index (Phi) is 4.64. The normalized spacial score (nSPS) is 17.3. The van der Waals surface area contributed by atoms with Crippen molar-refractivity contribution in [1.82, 2.24) is 10.3 Å². The number of nitrogens with two attached hydrogens (primary N) is 1. The van der Waals surface area contributed by atoms with Crippen LogP contribution in [0.5, 0.6) is 0 Å². The average Bonchev–Trinajstić information content (AvgIpc) is 2.96. The molecule has 1 aliphatic rings. The number of nitrogen functional groups attached to an aromatic ring is 1. The summed E-state index contributed by atoms with van der Waals surface area (Å²) < 4.78 is 0. The standard InChI is InChI=1S/C17H17N3O2S/c18-19-16(22)13-6-8-14(9-7-13)17-20(15(21)11-23-17)10-12-4-2-1-3-5-12/h1-9,17H,10-11,18H2,(H,19,22). The number of hydrazine groups is 1. The molecule has 3 N–H and O–H groups in total. The van der Waals surface area contributed by atoms with Crippen molar-refractivity contribution < 1.29 is 9.59 Å². The Bertz CT molecular complexity index is 704. The smallest absolute Gasteiger partial charge is 0.265 e. The van der Waals surface area contributed by atoms with Gasteiger partial charge in [-0.1, -0.05) is 42.5 Å². The monoisotopic (exact) mass is 327 g/mol. The Labute approximate surface area is 138 Å². The first-order valence-corrected chi connectivity index (χ1v) is 8.30. The predicted molar refractivity (Wildman–Crippen MR) is 90.3 cm³/mol. The molecule has 0 spiro atoms. The Morgan fingerprint density at radius 3 is 2.52 bits per heavy atom. The van der Waals surface area contributed by atoms with Crippen molar-refractivity contribution in [3.8, 4) is 0 Å². The largest absolute Gasteiger partial charge is 0.322 e. The van der Waals surface area contributed by atoms with Gasteiger partial charge in [-0.25, -0.2) is 5.84 Å². The molecule has 2 aromatic rings. The van der Waals surface area contributed by atoms with Crippen LogP contribution in [0.2, 0.25) is 0 Å². The zero-order valence-electron chi connectivity index (χ0n) is 12.4. The predicted octanol–water partition coefficient (Wildman–Crippen LogP) is 2.06. The van der Waals surface area contributed by atoms with Gasteiger partial charge in [0.2, 0.25) is 5.91 Å². The highest BCUT2D eigenvalue weighted by Gasteiger charge is 2.32. The van der Waals surface area contributed by atoms with Gasteiger partial charge in [0.25, 0.3) is 5.91 Å². The van der Waals surface area contributed by atoms with Gasteiger partial charge in [0.15, 0.2) is 0 Å². The van der Waals surface area contributed by atoms with E-state index in [-0.39, 0.29) is 17.2 Å². The van der Waals surface area contributed by atoms with Crippen LogP contribution in [0, 0.1) is 0 Å². The molecule has 3 rings (SSSR count). The number of hydrogen-bond acceptors (Lipinski definition) is 4. The Hall–Kier alpha value is -2.31. The molecule has 1 atom stereocenters. The van der Waals surface area contributed by atoms with Gasteiger partial charge in [0, 0.05) is 12.1 Å². The highest BCUT2D eigenvalue weighted by atomic mass is 32.2. The minimum absolute atomic E-state index is 0.0299. The number of amides is 2. The van der Waals surface area contributed by atoms with Gasteiger partial charge >= 0.3 is 0 Å². The van der Waals surface area contributed by atoms with Crippen LogP contribution in [0.3, 0.4) is 0 Å². The summed E-state index contributed by atoms with van der Waals surface area (Å²) >= 11 is 1.60. The molecule has 2 amide bonds. The van der Waals surface area contributed by atoms with Crippen molar-refractivity contribution in [3.05, 3.63) is 71.3 Å².